The van der Waals surface area contributed by atoms with Gasteiger partial charge < -0.3 is 10.2 Å². The molecule has 2 nitrogen and oxygen atoms in total. The Morgan fingerprint density at radius 1 is 1.14 bits per heavy atom. The topological polar surface area (TPSA) is 15.3 Å². The molecule has 0 aromatic carbocycles. The van der Waals surface area contributed by atoms with Gasteiger partial charge in [-0.05, 0) is 51.6 Å². The van der Waals surface area contributed by atoms with Crippen molar-refractivity contribution in [1.82, 2.24) is 10.2 Å². The maximum atomic E-state index is 3.77. The summed E-state index contributed by atoms with van der Waals surface area (Å²) in [6.07, 6.45) is 8.39. The Morgan fingerprint density at radius 3 is 2.36 bits per heavy atom. The van der Waals surface area contributed by atoms with Crippen molar-refractivity contribution in [2.75, 3.05) is 26.2 Å². The summed E-state index contributed by atoms with van der Waals surface area (Å²) in [4.78, 5) is 2.59. The van der Waals surface area contributed by atoms with Crippen LogP contribution < -0.4 is 5.32 Å². The van der Waals surface area contributed by atoms with Crippen molar-refractivity contribution in [3.8, 4) is 0 Å². The first-order chi connectivity index (χ1) is 6.85. The lowest BCUT2D eigenvalue weighted by molar-refractivity contribution is 0.170. The minimum absolute atomic E-state index is 0.541. The Kier molecular flexibility index (Phi) is 3.45. The van der Waals surface area contributed by atoms with Crippen molar-refractivity contribution in [3.05, 3.63) is 0 Å². The zero-order valence-corrected chi connectivity index (χ0v) is 9.52. The molecule has 1 saturated heterocycles. The van der Waals surface area contributed by atoms with Gasteiger partial charge in [-0.2, -0.15) is 0 Å². The van der Waals surface area contributed by atoms with Gasteiger partial charge in [0.15, 0.2) is 0 Å². The van der Waals surface area contributed by atoms with E-state index in [4.69, 9.17) is 0 Å². The van der Waals surface area contributed by atoms with Crippen molar-refractivity contribution in [1.29, 1.82) is 0 Å². The standard InChI is InChI=1S/C12H24N2/c1-2-12(6-5-7-12)13-8-11-14-9-3-4-10-14/h13H,2-11H2,1H3. The number of rotatable bonds is 5. The predicted molar refractivity (Wildman–Crippen MR) is 60.5 cm³/mol. The van der Waals surface area contributed by atoms with E-state index in [2.05, 4.69) is 17.1 Å². The third-order valence-electron chi connectivity index (χ3n) is 4.11. The van der Waals surface area contributed by atoms with Gasteiger partial charge >= 0.3 is 0 Å². The zero-order chi connectivity index (χ0) is 9.86. The Bertz CT molecular complexity index is 164. The molecule has 1 N–H and O–H groups in total. The highest BCUT2D eigenvalue weighted by Gasteiger charge is 2.34. The van der Waals surface area contributed by atoms with E-state index in [1.807, 2.05) is 0 Å². The molecule has 0 amide bonds. The minimum Gasteiger partial charge on any atom is -0.310 e. The molecule has 0 bridgehead atoms. The first-order valence-corrected chi connectivity index (χ1v) is 6.32. The lowest BCUT2D eigenvalue weighted by Gasteiger charge is -2.42. The molecule has 1 saturated carbocycles. The second-order valence-electron chi connectivity index (χ2n) is 4.96. The van der Waals surface area contributed by atoms with E-state index in [1.54, 1.807) is 0 Å². The maximum Gasteiger partial charge on any atom is 0.0179 e. The highest BCUT2D eigenvalue weighted by atomic mass is 15.2. The molecule has 0 aromatic heterocycles. The van der Waals surface area contributed by atoms with E-state index in [0.717, 1.165) is 0 Å². The summed E-state index contributed by atoms with van der Waals surface area (Å²) in [6, 6.07) is 0. The highest BCUT2D eigenvalue weighted by Crippen LogP contribution is 2.34. The van der Waals surface area contributed by atoms with Crippen molar-refractivity contribution < 1.29 is 0 Å². The first-order valence-electron chi connectivity index (χ1n) is 6.32. The largest absolute Gasteiger partial charge is 0.310 e. The van der Waals surface area contributed by atoms with Gasteiger partial charge in [0.25, 0.3) is 0 Å². The molecule has 82 valence electrons. The van der Waals surface area contributed by atoms with Crippen LogP contribution in [0.25, 0.3) is 0 Å². The van der Waals surface area contributed by atoms with Crippen LogP contribution >= 0.6 is 0 Å². The first kappa shape index (κ1) is 10.4. The predicted octanol–water partition coefficient (Wildman–Crippen LogP) is 2.00. The lowest BCUT2D eigenvalue weighted by atomic mass is 9.75. The van der Waals surface area contributed by atoms with Gasteiger partial charge in [0, 0.05) is 18.6 Å². The van der Waals surface area contributed by atoms with Crippen molar-refractivity contribution in [2.24, 2.45) is 0 Å². The summed E-state index contributed by atoms with van der Waals surface area (Å²) < 4.78 is 0. The molecule has 0 unspecified atom stereocenters. The number of nitrogens with one attached hydrogen (secondary N) is 1. The molecule has 2 aliphatic rings. The minimum atomic E-state index is 0.541. The van der Waals surface area contributed by atoms with E-state index < -0.39 is 0 Å². The molecule has 0 aromatic rings. The Balaban J connectivity index is 1.61. The number of nitrogens with zero attached hydrogens (tertiary/aromatic N) is 1. The number of hydrogen-bond acceptors (Lipinski definition) is 2. The molecule has 0 spiro atoms. The summed E-state index contributed by atoms with van der Waals surface area (Å²) in [7, 11) is 0. The quantitative estimate of drug-likeness (QED) is 0.723. The fraction of sp³-hybridized carbons (Fsp3) is 1.00. The number of likely N-dealkylation sites (tertiary alicyclic amines) is 1. The summed E-state index contributed by atoms with van der Waals surface area (Å²) in [5, 5.41) is 3.77. The van der Waals surface area contributed by atoms with Gasteiger partial charge in [0.2, 0.25) is 0 Å². The summed E-state index contributed by atoms with van der Waals surface area (Å²) in [5.74, 6) is 0. The van der Waals surface area contributed by atoms with Crippen molar-refractivity contribution >= 4 is 0 Å². The molecule has 1 aliphatic carbocycles. The normalized spacial score (nSPS) is 26.4. The van der Waals surface area contributed by atoms with Crippen LogP contribution in [0.15, 0.2) is 0 Å². The van der Waals surface area contributed by atoms with Crippen LogP contribution in [-0.2, 0) is 0 Å². The van der Waals surface area contributed by atoms with Gasteiger partial charge in [0.1, 0.15) is 0 Å². The van der Waals surface area contributed by atoms with E-state index in [1.165, 1.54) is 64.7 Å². The average Bonchev–Trinajstić information content (AvgIpc) is 2.62. The lowest BCUT2D eigenvalue weighted by Crippen LogP contribution is -2.52. The molecular weight excluding hydrogens is 172 g/mol. The molecule has 2 rings (SSSR count). The molecule has 14 heavy (non-hydrogen) atoms. The van der Waals surface area contributed by atoms with Gasteiger partial charge in [-0.1, -0.05) is 6.92 Å². The molecular formula is C12H24N2. The second-order valence-corrected chi connectivity index (χ2v) is 4.96. The van der Waals surface area contributed by atoms with Crippen LogP contribution in [0.2, 0.25) is 0 Å². The molecule has 1 heterocycles. The van der Waals surface area contributed by atoms with Crippen LogP contribution in [0.1, 0.15) is 45.4 Å². The molecule has 0 radical (unpaired) electrons. The summed E-state index contributed by atoms with van der Waals surface area (Å²) >= 11 is 0. The zero-order valence-electron chi connectivity index (χ0n) is 9.52. The van der Waals surface area contributed by atoms with Crippen LogP contribution in [0, 0.1) is 0 Å². The molecule has 0 atom stereocenters. The third kappa shape index (κ3) is 2.29. The average molecular weight is 196 g/mol. The molecule has 1 aliphatic heterocycles. The van der Waals surface area contributed by atoms with E-state index in [0.29, 0.717) is 5.54 Å². The Hall–Kier alpha value is -0.0800. The van der Waals surface area contributed by atoms with Crippen LogP contribution in [0.4, 0.5) is 0 Å². The fourth-order valence-electron chi connectivity index (χ4n) is 2.74. The monoisotopic (exact) mass is 196 g/mol. The SMILES string of the molecule is CCC1(NCCN2CCCC2)CCC1. The third-order valence-corrected chi connectivity index (χ3v) is 4.11. The Labute approximate surface area is 88.1 Å². The van der Waals surface area contributed by atoms with Crippen molar-refractivity contribution in [3.63, 3.8) is 0 Å². The van der Waals surface area contributed by atoms with E-state index in [9.17, 15) is 0 Å². The van der Waals surface area contributed by atoms with Crippen LogP contribution in [0.5, 0.6) is 0 Å². The second kappa shape index (κ2) is 4.63. The maximum absolute atomic E-state index is 3.77. The summed E-state index contributed by atoms with van der Waals surface area (Å²) in [6.45, 7) is 7.46. The Morgan fingerprint density at radius 2 is 1.86 bits per heavy atom. The number of hydrogen-bond donors (Lipinski definition) is 1. The van der Waals surface area contributed by atoms with Crippen molar-refractivity contribution in [2.45, 2.75) is 51.0 Å². The van der Waals surface area contributed by atoms with Gasteiger partial charge in [-0.25, -0.2) is 0 Å². The van der Waals surface area contributed by atoms with E-state index in [-0.39, 0.29) is 0 Å². The van der Waals surface area contributed by atoms with Gasteiger partial charge in [-0.15, -0.1) is 0 Å². The smallest absolute Gasteiger partial charge is 0.0179 e. The van der Waals surface area contributed by atoms with Gasteiger partial charge in [-0.3, -0.25) is 0 Å². The summed E-state index contributed by atoms with van der Waals surface area (Å²) in [5.41, 5.74) is 0.541. The highest BCUT2D eigenvalue weighted by molar-refractivity contribution is 4.94. The van der Waals surface area contributed by atoms with Gasteiger partial charge in [0.05, 0.1) is 0 Å². The van der Waals surface area contributed by atoms with Crippen LogP contribution in [-0.4, -0.2) is 36.6 Å². The fourth-order valence-corrected chi connectivity index (χ4v) is 2.74. The molecule has 2 fully saturated rings. The van der Waals surface area contributed by atoms with Crippen LogP contribution in [0.3, 0.4) is 0 Å². The molecule has 2 heteroatoms. The van der Waals surface area contributed by atoms with E-state index >= 15 is 0 Å².